The van der Waals surface area contributed by atoms with Gasteiger partial charge in [-0.15, -0.1) is 0 Å². The first-order valence-electron chi connectivity index (χ1n) is 5.19. The van der Waals surface area contributed by atoms with Gasteiger partial charge in [-0.05, 0) is 42.5 Å². The van der Waals surface area contributed by atoms with Crippen LogP contribution in [-0.4, -0.2) is 14.5 Å². The van der Waals surface area contributed by atoms with Crippen LogP contribution in [0.25, 0.3) is 0 Å². The highest BCUT2D eigenvalue weighted by Gasteiger charge is 2.14. The quantitative estimate of drug-likeness (QED) is 0.695. The van der Waals surface area contributed by atoms with E-state index in [2.05, 4.69) is 0 Å². The van der Waals surface area contributed by atoms with Crippen molar-refractivity contribution in [3.63, 3.8) is 0 Å². The second-order valence-electron chi connectivity index (χ2n) is 3.73. The molecule has 0 aliphatic heterocycles. The monoisotopic (exact) mass is 282 g/mol. The Kier molecular flexibility index (Phi) is 3.82. The Bertz CT molecular complexity index is 653. The van der Waals surface area contributed by atoms with Gasteiger partial charge in [-0.25, -0.2) is 13.0 Å². The standard InChI is InChI=1S/C13H8F2O3S/c14-10-4-1-8(2-5-10)13(16)9-3-6-11(15)12(7-9)19(17)18/h1-7H,(H,17,18). The van der Waals surface area contributed by atoms with E-state index < -0.39 is 33.4 Å². The molecule has 2 aromatic rings. The number of rotatable bonds is 3. The van der Waals surface area contributed by atoms with Gasteiger partial charge in [0.25, 0.3) is 0 Å². The third-order valence-electron chi connectivity index (χ3n) is 2.49. The van der Waals surface area contributed by atoms with E-state index in [4.69, 9.17) is 4.55 Å². The molecule has 0 aliphatic rings. The molecule has 1 atom stereocenters. The van der Waals surface area contributed by atoms with Crippen molar-refractivity contribution >= 4 is 16.9 Å². The Morgan fingerprint density at radius 3 is 2.16 bits per heavy atom. The van der Waals surface area contributed by atoms with Crippen LogP contribution in [0, 0.1) is 11.6 Å². The van der Waals surface area contributed by atoms with Gasteiger partial charge in [0.1, 0.15) is 16.5 Å². The van der Waals surface area contributed by atoms with Gasteiger partial charge in [0.05, 0.1) is 0 Å². The normalized spacial score (nSPS) is 12.2. The Balaban J connectivity index is 2.42. The maximum Gasteiger partial charge on any atom is 0.193 e. The smallest absolute Gasteiger partial charge is 0.193 e. The van der Waals surface area contributed by atoms with Crippen LogP contribution in [0.3, 0.4) is 0 Å². The molecule has 3 nitrogen and oxygen atoms in total. The first kappa shape index (κ1) is 13.5. The summed E-state index contributed by atoms with van der Waals surface area (Å²) < 4.78 is 45.7. The molecular weight excluding hydrogens is 274 g/mol. The minimum absolute atomic E-state index is 0.0606. The van der Waals surface area contributed by atoms with Crippen LogP contribution >= 0.6 is 0 Å². The molecule has 0 bridgehead atoms. The summed E-state index contributed by atoms with van der Waals surface area (Å²) in [6.07, 6.45) is 0. The number of halogens is 2. The molecule has 19 heavy (non-hydrogen) atoms. The Labute approximate surface area is 110 Å². The highest BCUT2D eigenvalue weighted by Crippen LogP contribution is 2.17. The molecular formula is C13H8F2O3S. The molecule has 0 saturated carbocycles. The van der Waals surface area contributed by atoms with Crippen molar-refractivity contribution in [2.24, 2.45) is 0 Å². The topological polar surface area (TPSA) is 54.4 Å². The molecule has 0 spiro atoms. The number of hydrogen-bond acceptors (Lipinski definition) is 2. The van der Waals surface area contributed by atoms with Crippen LogP contribution in [0.4, 0.5) is 8.78 Å². The zero-order valence-corrected chi connectivity index (χ0v) is 10.3. The van der Waals surface area contributed by atoms with Crippen molar-refractivity contribution in [3.05, 3.63) is 65.2 Å². The lowest BCUT2D eigenvalue weighted by Gasteiger charge is -2.04. The van der Waals surface area contributed by atoms with Crippen LogP contribution in [0.15, 0.2) is 47.4 Å². The van der Waals surface area contributed by atoms with Crippen molar-refractivity contribution < 1.29 is 22.3 Å². The fraction of sp³-hybridized carbons (Fsp3) is 0. The van der Waals surface area contributed by atoms with Crippen LogP contribution in [0.1, 0.15) is 15.9 Å². The van der Waals surface area contributed by atoms with Crippen LogP contribution in [0.2, 0.25) is 0 Å². The van der Waals surface area contributed by atoms with Gasteiger partial charge >= 0.3 is 0 Å². The van der Waals surface area contributed by atoms with E-state index in [0.717, 1.165) is 24.3 Å². The number of ketones is 1. The lowest BCUT2D eigenvalue weighted by molar-refractivity contribution is 0.103. The minimum Gasteiger partial charge on any atom is -0.302 e. The summed E-state index contributed by atoms with van der Waals surface area (Å²) in [5, 5.41) is 0. The predicted molar refractivity (Wildman–Crippen MR) is 65.3 cm³/mol. The van der Waals surface area contributed by atoms with E-state index in [0.29, 0.717) is 0 Å². The molecule has 0 heterocycles. The van der Waals surface area contributed by atoms with Gasteiger partial charge < -0.3 is 4.55 Å². The minimum atomic E-state index is -2.51. The Morgan fingerprint density at radius 2 is 1.58 bits per heavy atom. The Hall–Kier alpha value is -1.92. The van der Waals surface area contributed by atoms with E-state index in [-0.39, 0.29) is 11.1 Å². The molecule has 0 aromatic heterocycles. The lowest BCUT2D eigenvalue weighted by atomic mass is 10.0. The number of carbonyl (C=O) groups is 1. The second-order valence-corrected chi connectivity index (χ2v) is 4.67. The summed E-state index contributed by atoms with van der Waals surface area (Å²) in [5.74, 6) is -1.82. The molecule has 0 saturated heterocycles. The maximum atomic E-state index is 13.2. The summed E-state index contributed by atoms with van der Waals surface area (Å²) in [7, 11) is 0. The molecule has 1 N–H and O–H groups in total. The van der Waals surface area contributed by atoms with Gasteiger partial charge in [0.15, 0.2) is 16.9 Å². The zero-order chi connectivity index (χ0) is 14.0. The van der Waals surface area contributed by atoms with E-state index in [1.54, 1.807) is 0 Å². The zero-order valence-electron chi connectivity index (χ0n) is 9.47. The molecule has 98 valence electrons. The molecule has 0 radical (unpaired) electrons. The van der Waals surface area contributed by atoms with Gasteiger partial charge in [0.2, 0.25) is 0 Å². The van der Waals surface area contributed by atoms with E-state index in [9.17, 15) is 17.8 Å². The van der Waals surface area contributed by atoms with Crippen molar-refractivity contribution in [2.45, 2.75) is 4.90 Å². The number of carbonyl (C=O) groups excluding carboxylic acids is 1. The first-order valence-corrected chi connectivity index (χ1v) is 6.30. The summed E-state index contributed by atoms with van der Waals surface area (Å²) in [6.45, 7) is 0. The largest absolute Gasteiger partial charge is 0.302 e. The maximum absolute atomic E-state index is 13.2. The summed E-state index contributed by atoms with van der Waals surface area (Å²) in [6, 6.07) is 7.99. The average molecular weight is 282 g/mol. The van der Waals surface area contributed by atoms with Crippen molar-refractivity contribution in [1.29, 1.82) is 0 Å². The third kappa shape index (κ3) is 2.91. The molecule has 0 fully saturated rings. The molecule has 6 heteroatoms. The summed E-state index contributed by atoms with van der Waals surface area (Å²) >= 11 is -2.51. The third-order valence-corrected chi connectivity index (χ3v) is 3.18. The Morgan fingerprint density at radius 1 is 1.00 bits per heavy atom. The molecule has 0 amide bonds. The molecule has 2 rings (SSSR count). The lowest BCUT2D eigenvalue weighted by Crippen LogP contribution is -2.04. The summed E-state index contributed by atoms with van der Waals surface area (Å²) in [5.41, 5.74) is 0.271. The fourth-order valence-corrected chi connectivity index (χ4v) is 2.01. The van der Waals surface area contributed by atoms with Crippen molar-refractivity contribution in [3.8, 4) is 0 Å². The highest BCUT2D eigenvalue weighted by atomic mass is 32.2. The van der Waals surface area contributed by atoms with Gasteiger partial charge in [0, 0.05) is 11.1 Å². The van der Waals surface area contributed by atoms with Crippen LogP contribution < -0.4 is 0 Å². The van der Waals surface area contributed by atoms with E-state index >= 15 is 0 Å². The fourth-order valence-electron chi connectivity index (χ4n) is 1.55. The average Bonchev–Trinajstić information content (AvgIpc) is 2.39. The van der Waals surface area contributed by atoms with Crippen molar-refractivity contribution in [1.82, 2.24) is 0 Å². The van der Waals surface area contributed by atoms with E-state index in [1.165, 1.54) is 18.2 Å². The molecule has 1 unspecified atom stereocenters. The SMILES string of the molecule is O=C(c1ccc(F)cc1)c1ccc(F)c(S(=O)O)c1. The molecule has 2 aromatic carbocycles. The second kappa shape index (κ2) is 5.38. The van der Waals surface area contributed by atoms with E-state index in [1.807, 2.05) is 0 Å². The first-order chi connectivity index (χ1) is 8.99. The van der Waals surface area contributed by atoms with Crippen LogP contribution in [-0.2, 0) is 11.1 Å². The summed E-state index contributed by atoms with van der Waals surface area (Å²) in [4.78, 5) is 11.6. The molecule has 0 aliphatic carbocycles. The van der Waals surface area contributed by atoms with Gasteiger partial charge in [-0.2, -0.15) is 0 Å². The van der Waals surface area contributed by atoms with Gasteiger partial charge in [-0.1, -0.05) is 0 Å². The number of hydrogen-bond donors (Lipinski definition) is 1. The van der Waals surface area contributed by atoms with Crippen molar-refractivity contribution in [2.75, 3.05) is 0 Å². The van der Waals surface area contributed by atoms with Crippen LogP contribution in [0.5, 0.6) is 0 Å². The highest BCUT2D eigenvalue weighted by molar-refractivity contribution is 7.79. The van der Waals surface area contributed by atoms with Gasteiger partial charge in [-0.3, -0.25) is 4.79 Å². The predicted octanol–water partition coefficient (Wildman–Crippen LogP) is 2.78. The number of benzene rings is 2.